The number of hydrogen-bond acceptors (Lipinski definition) is 1. The Kier molecular flexibility index (Phi) is 13.1. The van der Waals surface area contributed by atoms with Crippen molar-refractivity contribution in [1.82, 2.24) is 0 Å². The number of carbonyl (C=O) groups is 1. The molecule has 0 aliphatic heterocycles. The van der Waals surface area contributed by atoms with Crippen LogP contribution in [-0.2, 0) is 70.2 Å². The number of hydrogen-bond donors (Lipinski definition) is 0. The molecule has 15 heavy (non-hydrogen) atoms. The van der Waals surface area contributed by atoms with Gasteiger partial charge < -0.3 is 11.7 Å². The summed E-state index contributed by atoms with van der Waals surface area (Å²) in [5.41, 5.74) is 1.12. The van der Waals surface area contributed by atoms with Gasteiger partial charge in [0, 0.05) is 71.2 Å². The molecule has 0 aromatic rings. The van der Waals surface area contributed by atoms with Crippen molar-refractivity contribution in [2.24, 2.45) is 5.41 Å². The molecule has 0 aliphatic rings. The average molecular weight is 356 g/mol. The molecular weight excluding hydrogens is 338 g/mol. The molecule has 0 amide bonds. The topological polar surface area (TPSA) is 17.1 Å². The van der Waals surface area contributed by atoms with Gasteiger partial charge in [-0.1, -0.05) is 20.3 Å². The maximum atomic E-state index is 11.3. The molecule has 0 spiro atoms. The maximum absolute atomic E-state index is 11.3. The van der Waals surface area contributed by atoms with E-state index in [-0.39, 0.29) is 71.2 Å². The standard InChI is InChI=1S/C12H18O.2Y/c1-7-12(6,11(5)13)8-10(4)9(2)3;;/h2-5,7-8H2,1,6H3;;/q-2;;. The van der Waals surface area contributed by atoms with Crippen LogP contribution < -0.4 is 0 Å². The van der Waals surface area contributed by atoms with E-state index in [4.69, 9.17) is 0 Å². The third-order valence-corrected chi connectivity index (χ3v) is 2.56. The first kappa shape index (κ1) is 21.4. The summed E-state index contributed by atoms with van der Waals surface area (Å²) in [6, 6.07) is 0. The van der Waals surface area contributed by atoms with Crippen LogP contribution in [0.4, 0.5) is 0 Å². The molecule has 1 unspecified atom stereocenters. The summed E-state index contributed by atoms with van der Waals surface area (Å²) in [5.74, 6) is -0.0441. The first-order valence-corrected chi connectivity index (χ1v) is 4.39. The molecule has 3 heteroatoms. The molecule has 1 atom stereocenters. The zero-order valence-electron chi connectivity index (χ0n) is 9.81. The van der Waals surface area contributed by atoms with Crippen LogP contribution in [0.1, 0.15) is 26.7 Å². The molecule has 0 heterocycles. The second-order valence-corrected chi connectivity index (χ2v) is 3.72. The van der Waals surface area contributed by atoms with Gasteiger partial charge in [0.1, 0.15) is 0 Å². The Bertz CT molecular complexity index is 246. The maximum Gasteiger partial charge on any atom is 0.00138 e. The first-order chi connectivity index (χ1) is 5.83. The Labute approximate surface area is 144 Å². The minimum atomic E-state index is -0.405. The van der Waals surface area contributed by atoms with Crippen molar-refractivity contribution in [2.45, 2.75) is 26.7 Å². The number of Topliss-reactive ketones (excluding diaryl/α,β-unsaturated/α-hetero) is 1. The molecule has 0 fully saturated rings. The van der Waals surface area contributed by atoms with Crippen molar-refractivity contribution in [3.63, 3.8) is 0 Å². The van der Waals surface area contributed by atoms with E-state index in [0.29, 0.717) is 12.0 Å². The fourth-order valence-electron chi connectivity index (χ4n) is 1.02. The first-order valence-electron chi connectivity index (χ1n) is 4.39. The van der Waals surface area contributed by atoms with Gasteiger partial charge in [0.05, 0.1) is 0 Å². The summed E-state index contributed by atoms with van der Waals surface area (Å²) in [4.78, 5) is 11.3. The van der Waals surface area contributed by atoms with Crippen molar-refractivity contribution in [3.8, 4) is 0 Å². The predicted octanol–water partition coefficient (Wildman–Crippen LogP) is 3.14. The van der Waals surface area contributed by atoms with Gasteiger partial charge >= 0.3 is 0 Å². The van der Waals surface area contributed by atoms with Crippen LogP contribution in [0.15, 0.2) is 24.3 Å². The summed E-state index contributed by atoms with van der Waals surface area (Å²) in [6.45, 7) is 18.5. The van der Waals surface area contributed by atoms with E-state index in [9.17, 15) is 4.79 Å². The Morgan fingerprint density at radius 1 is 1.27 bits per heavy atom. The Hall–Kier alpha value is 1.10. The van der Waals surface area contributed by atoms with Gasteiger partial charge in [-0.2, -0.15) is 31.2 Å². The van der Waals surface area contributed by atoms with E-state index in [2.05, 4.69) is 27.0 Å². The van der Waals surface area contributed by atoms with E-state index < -0.39 is 5.41 Å². The van der Waals surface area contributed by atoms with Gasteiger partial charge in [0.2, 0.25) is 0 Å². The zero-order valence-corrected chi connectivity index (χ0v) is 15.5. The summed E-state index contributed by atoms with van der Waals surface area (Å²) >= 11 is 0. The molecule has 0 aromatic heterocycles. The number of ketones is 1. The van der Waals surface area contributed by atoms with E-state index in [1.807, 2.05) is 13.8 Å². The predicted molar refractivity (Wildman–Crippen MR) is 57.0 cm³/mol. The molecule has 1 nitrogen and oxygen atoms in total. The molecule has 0 rings (SSSR count). The third kappa shape index (κ3) is 7.10. The average Bonchev–Trinajstić information content (AvgIpc) is 2.03. The minimum absolute atomic E-state index is 0. The molecular formula is C12H18OY2-2. The quantitative estimate of drug-likeness (QED) is 0.547. The fraction of sp³-hybridized carbons (Fsp3) is 0.417. The Balaban J connectivity index is -0.000000720. The van der Waals surface area contributed by atoms with Gasteiger partial charge in [-0.3, -0.25) is 0 Å². The van der Waals surface area contributed by atoms with Crippen LogP contribution >= 0.6 is 0 Å². The van der Waals surface area contributed by atoms with Crippen LogP contribution in [-0.4, -0.2) is 5.78 Å². The van der Waals surface area contributed by atoms with Crippen molar-refractivity contribution in [1.29, 1.82) is 0 Å². The van der Waals surface area contributed by atoms with E-state index in [1.54, 1.807) is 0 Å². The molecule has 80 valence electrons. The van der Waals surface area contributed by atoms with E-state index in [1.165, 1.54) is 0 Å². The van der Waals surface area contributed by atoms with Crippen molar-refractivity contribution < 1.29 is 70.2 Å². The third-order valence-electron chi connectivity index (χ3n) is 2.56. The number of allylic oxidation sites excluding steroid dienone is 2. The fourth-order valence-corrected chi connectivity index (χ4v) is 1.02. The smallest absolute Gasteiger partial charge is 0.00138 e. The van der Waals surface area contributed by atoms with Crippen LogP contribution in [0.3, 0.4) is 0 Å². The molecule has 0 bridgehead atoms. The molecule has 0 saturated carbocycles. The van der Waals surface area contributed by atoms with Crippen LogP contribution in [0.25, 0.3) is 0 Å². The molecule has 0 N–H and O–H groups in total. The monoisotopic (exact) mass is 356 g/mol. The molecule has 2 radical (unpaired) electrons. The normalized spacial score (nSPS) is 12.7. The molecule has 0 aromatic carbocycles. The van der Waals surface area contributed by atoms with E-state index >= 15 is 0 Å². The van der Waals surface area contributed by atoms with Crippen molar-refractivity contribution >= 4 is 5.78 Å². The second kappa shape index (κ2) is 9.16. The number of rotatable bonds is 5. The van der Waals surface area contributed by atoms with Gasteiger partial charge in [-0.15, -0.1) is 0 Å². The number of carbonyl (C=O) groups excluding carboxylic acids is 1. The van der Waals surface area contributed by atoms with Crippen LogP contribution in [0, 0.1) is 19.3 Å². The van der Waals surface area contributed by atoms with Crippen LogP contribution in [0.2, 0.25) is 0 Å². The Morgan fingerprint density at radius 3 is 1.87 bits per heavy atom. The Morgan fingerprint density at radius 2 is 1.67 bits per heavy atom. The molecule has 0 aliphatic carbocycles. The van der Waals surface area contributed by atoms with Gasteiger partial charge in [0.15, 0.2) is 0 Å². The van der Waals surface area contributed by atoms with Gasteiger partial charge in [0.25, 0.3) is 0 Å². The van der Waals surface area contributed by atoms with Gasteiger partial charge in [-0.25, -0.2) is 0 Å². The minimum Gasteiger partial charge on any atom is -0.339 e. The summed E-state index contributed by atoms with van der Waals surface area (Å²) in [7, 11) is 0. The summed E-state index contributed by atoms with van der Waals surface area (Å²) in [6.07, 6.45) is 1.37. The van der Waals surface area contributed by atoms with Gasteiger partial charge in [-0.05, 0) is 11.8 Å². The van der Waals surface area contributed by atoms with Crippen molar-refractivity contribution in [2.75, 3.05) is 0 Å². The zero-order chi connectivity index (χ0) is 10.6. The summed E-state index contributed by atoms with van der Waals surface area (Å²) < 4.78 is 0. The summed E-state index contributed by atoms with van der Waals surface area (Å²) in [5, 5.41) is 0. The largest absolute Gasteiger partial charge is 0.339 e. The van der Waals surface area contributed by atoms with Crippen LogP contribution in [0.5, 0.6) is 0 Å². The van der Waals surface area contributed by atoms with E-state index in [0.717, 1.165) is 12.0 Å². The second-order valence-electron chi connectivity index (χ2n) is 3.72. The SMILES string of the molecule is C=C([CH2-])C(=C)CC(C)(CC)C([CH2-])=O.[Y].[Y]. The molecule has 0 saturated heterocycles. The van der Waals surface area contributed by atoms with Crippen molar-refractivity contribution in [3.05, 3.63) is 38.2 Å².